The van der Waals surface area contributed by atoms with E-state index in [9.17, 15) is 24.0 Å². The maximum absolute atomic E-state index is 15.9. The van der Waals surface area contributed by atoms with E-state index in [0.29, 0.717) is 17.7 Å². The number of nitrogens with zero attached hydrogens (tertiary/aromatic N) is 4. The number of halogens is 1. The Balaban J connectivity index is 1.53. The summed E-state index contributed by atoms with van der Waals surface area (Å²) in [5.74, 6) is -4.47. The number of alkyl halides is 1. The molecular formula is C23H25FN4O10. The van der Waals surface area contributed by atoms with Crippen LogP contribution in [0.4, 0.5) is 9.18 Å². The van der Waals surface area contributed by atoms with Gasteiger partial charge in [-0.3, -0.25) is 24.0 Å². The third kappa shape index (κ3) is 5.43. The van der Waals surface area contributed by atoms with Crippen LogP contribution in [0, 0.1) is 0 Å². The summed E-state index contributed by atoms with van der Waals surface area (Å²) in [7, 11) is 0. The van der Waals surface area contributed by atoms with Gasteiger partial charge in [0, 0.05) is 24.7 Å². The van der Waals surface area contributed by atoms with Gasteiger partial charge in [0.25, 0.3) is 11.4 Å². The molecule has 38 heavy (non-hydrogen) atoms. The molecule has 2 saturated heterocycles. The van der Waals surface area contributed by atoms with E-state index in [4.69, 9.17) is 23.7 Å². The molecule has 0 amide bonds. The normalized spacial score (nSPS) is 24.0. The number of aromatic nitrogens is 3. The lowest BCUT2D eigenvalue weighted by molar-refractivity contribution is -0.211. The Bertz CT molecular complexity index is 1310. The largest absolute Gasteiger partial charge is 0.509 e. The molecule has 4 atom stereocenters. The Hall–Kier alpha value is -4.11. The van der Waals surface area contributed by atoms with E-state index in [1.54, 1.807) is 4.90 Å². The molecule has 15 heteroatoms. The summed E-state index contributed by atoms with van der Waals surface area (Å²) < 4.78 is 42.6. The third-order valence-electron chi connectivity index (χ3n) is 6.05. The second kappa shape index (κ2) is 11.1. The average molecular weight is 536 g/mol. The topological polar surface area (TPSA) is 157 Å². The zero-order chi connectivity index (χ0) is 27.4. The van der Waals surface area contributed by atoms with E-state index in [1.807, 2.05) is 13.8 Å². The van der Waals surface area contributed by atoms with E-state index in [0.717, 1.165) is 16.8 Å². The van der Waals surface area contributed by atoms with Gasteiger partial charge in [0.15, 0.2) is 25.7 Å². The van der Waals surface area contributed by atoms with Crippen molar-refractivity contribution >= 4 is 18.1 Å². The molecule has 4 heterocycles. The number of ether oxygens (including phenoxy) is 5. The van der Waals surface area contributed by atoms with Crippen LogP contribution in [0.2, 0.25) is 0 Å². The predicted molar refractivity (Wildman–Crippen MR) is 122 cm³/mol. The highest BCUT2D eigenvalue weighted by Gasteiger charge is 2.65. The molecule has 2 aliphatic rings. The van der Waals surface area contributed by atoms with Gasteiger partial charge in [0.2, 0.25) is 6.10 Å². The summed E-state index contributed by atoms with van der Waals surface area (Å²) in [6.45, 7) is 3.13. The fourth-order valence-corrected chi connectivity index (χ4v) is 3.97. The Labute approximate surface area is 214 Å². The number of esters is 2. The van der Waals surface area contributed by atoms with Crippen LogP contribution in [0.15, 0.2) is 46.4 Å². The lowest BCUT2D eigenvalue weighted by Gasteiger charge is -2.23. The maximum atomic E-state index is 15.9. The SMILES string of the molecule is CCN(CC)CC(=O)OCn1c(=O)ccn([C@@H]2O[C@](F)(COC(=O)c3cccnc3)[C@H]3OC(=O)O[C@@H]23)c1=O. The van der Waals surface area contributed by atoms with Crippen molar-refractivity contribution in [3.63, 3.8) is 0 Å². The van der Waals surface area contributed by atoms with Crippen LogP contribution in [0.1, 0.15) is 30.4 Å². The molecule has 0 aromatic carbocycles. The quantitative estimate of drug-likeness (QED) is 0.301. The summed E-state index contributed by atoms with van der Waals surface area (Å²) in [4.78, 5) is 67.2. The number of hydrogen-bond acceptors (Lipinski definition) is 12. The molecular weight excluding hydrogens is 511 g/mol. The van der Waals surface area contributed by atoms with Crippen LogP contribution in [-0.4, -0.2) is 81.4 Å². The minimum atomic E-state index is -2.89. The summed E-state index contributed by atoms with van der Waals surface area (Å²) in [5, 5.41) is 0. The molecule has 0 aliphatic carbocycles. The standard InChI is InChI=1S/C23H25FN4O10/c1-3-26(4-2)11-16(30)35-13-28-15(29)7-9-27(21(28)32)19-17-18(37-22(33)36-17)23(24,38-19)12-34-20(31)14-6-5-8-25-10-14/h5-10,17-19H,3-4,11-13H2,1-2H3/t17-,18+,19-,23-/m1/s1. The first-order valence-corrected chi connectivity index (χ1v) is 11.7. The van der Waals surface area contributed by atoms with Crippen molar-refractivity contribution in [3.05, 3.63) is 63.2 Å². The van der Waals surface area contributed by atoms with Gasteiger partial charge in [-0.25, -0.2) is 23.3 Å². The van der Waals surface area contributed by atoms with Gasteiger partial charge in [-0.15, -0.1) is 0 Å². The second-order valence-electron chi connectivity index (χ2n) is 8.36. The Morgan fingerprint density at radius 1 is 1.16 bits per heavy atom. The molecule has 14 nitrogen and oxygen atoms in total. The number of carbonyl (C=O) groups excluding carboxylic acids is 3. The van der Waals surface area contributed by atoms with Crippen molar-refractivity contribution in [3.8, 4) is 0 Å². The van der Waals surface area contributed by atoms with E-state index < -0.39 is 67.0 Å². The monoisotopic (exact) mass is 536 g/mol. The van der Waals surface area contributed by atoms with E-state index in [-0.39, 0.29) is 12.1 Å². The van der Waals surface area contributed by atoms with E-state index >= 15 is 4.39 Å². The lowest BCUT2D eigenvalue weighted by Crippen LogP contribution is -2.43. The zero-order valence-electron chi connectivity index (χ0n) is 20.5. The van der Waals surface area contributed by atoms with Gasteiger partial charge in [-0.2, -0.15) is 0 Å². The van der Waals surface area contributed by atoms with Crippen LogP contribution in [-0.2, 0) is 35.2 Å². The van der Waals surface area contributed by atoms with E-state index in [1.165, 1.54) is 24.5 Å². The average Bonchev–Trinajstić information content (AvgIpc) is 3.43. The van der Waals surface area contributed by atoms with Crippen LogP contribution in [0.25, 0.3) is 0 Å². The Kier molecular flexibility index (Phi) is 7.87. The first kappa shape index (κ1) is 26.9. The molecule has 4 rings (SSSR count). The molecule has 2 aliphatic heterocycles. The smallest absolute Gasteiger partial charge is 0.456 e. The fourth-order valence-electron chi connectivity index (χ4n) is 3.97. The van der Waals surface area contributed by atoms with Gasteiger partial charge in [0.1, 0.15) is 0 Å². The fraction of sp³-hybridized carbons (Fsp3) is 0.478. The number of likely N-dealkylation sites (N-methyl/N-ethyl adjacent to an activating group) is 1. The molecule has 2 fully saturated rings. The highest BCUT2D eigenvalue weighted by molar-refractivity contribution is 5.88. The van der Waals surface area contributed by atoms with Gasteiger partial charge in [-0.05, 0) is 25.2 Å². The zero-order valence-corrected chi connectivity index (χ0v) is 20.5. The van der Waals surface area contributed by atoms with Crippen molar-refractivity contribution in [2.75, 3.05) is 26.2 Å². The van der Waals surface area contributed by atoms with Gasteiger partial charge >= 0.3 is 23.8 Å². The molecule has 2 aromatic rings. The van der Waals surface area contributed by atoms with E-state index in [2.05, 4.69) is 4.98 Å². The van der Waals surface area contributed by atoms with Crippen molar-refractivity contribution in [2.24, 2.45) is 0 Å². The number of fused-ring (bicyclic) bond motifs is 1. The van der Waals surface area contributed by atoms with Gasteiger partial charge < -0.3 is 23.7 Å². The van der Waals surface area contributed by atoms with Crippen molar-refractivity contribution in [1.82, 2.24) is 19.0 Å². The first-order valence-electron chi connectivity index (χ1n) is 11.7. The minimum Gasteiger partial charge on any atom is -0.456 e. The lowest BCUT2D eigenvalue weighted by atomic mass is 10.1. The summed E-state index contributed by atoms with van der Waals surface area (Å²) in [6.07, 6.45) is -2.31. The minimum absolute atomic E-state index is 0.0423. The summed E-state index contributed by atoms with van der Waals surface area (Å²) >= 11 is 0. The summed E-state index contributed by atoms with van der Waals surface area (Å²) in [5.41, 5.74) is -1.79. The van der Waals surface area contributed by atoms with Crippen molar-refractivity contribution in [1.29, 1.82) is 0 Å². The molecule has 2 aromatic heterocycles. The number of hydrogen-bond donors (Lipinski definition) is 0. The molecule has 0 bridgehead atoms. The predicted octanol–water partition coefficient (Wildman–Crippen LogP) is 0.203. The van der Waals surface area contributed by atoms with Crippen molar-refractivity contribution < 1.29 is 42.5 Å². The van der Waals surface area contributed by atoms with Crippen molar-refractivity contribution in [2.45, 2.75) is 44.9 Å². The van der Waals surface area contributed by atoms with Crippen LogP contribution in [0.5, 0.6) is 0 Å². The highest BCUT2D eigenvalue weighted by atomic mass is 19.2. The van der Waals surface area contributed by atoms with Gasteiger partial charge in [-0.1, -0.05) is 13.8 Å². The number of pyridine rings is 1. The summed E-state index contributed by atoms with van der Waals surface area (Å²) in [6, 6.07) is 3.85. The number of carbonyl (C=O) groups is 3. The first-order chi connectivity index (χ1) is 18.2. The van der Waals surface area contributed by atoms with Gasteiger partial charge in [0.05, 0.1) is 12.1 Å². The molecule has 0 radical (unpaired) electrons. The molecule has 0 saturated carbocycles. The van der Waals surface area contributed by atoms with Crippen LogP contribution >= 0.6 is 0 Å². The molecule has 0 spiro atoms. The van der Waals surface area contributed by atoms with Crippen LogP contribution in [0.3, 0.4) is 0 Å². The molecule has 0 N–H and O–H groups in total. The highest BCUT2D eigenvalue weighted by Crippen LogP contribution is 2.44. The third-order valence-corrected chi connectivity index (χ3v) is 6.05. The molecule has 204 valence electrons. The number of rotatable bonds is 10. The Morgan fingerprint density at radius 2 is 1.92 bits per heavy atom. The maximum Gasteiger partial charge on any atom is 0.509 e. The Morgan fingerprint density at radius 3 is 2.61 bits per heavy atom. The molecule has 0 unspecified atom stereocenters. The second-order valence-corrected chi connectivity index (χ2v) is 8.36. The van der Waals surface area contributed by atoms with Crippen LogP contribution < -0.4 is 11.2 Å².